The van der Waals surface area contributed by atoms with E-state index in [1.807, 2.05) is 13.8 Å². The average Bonchev–Trinajstić information content (AvgIpc) is 2.32. The summed E-state index contributed by atoms with van der Waals surface area (Å²) in [6, 6.07) is 2.97. The van der Waals surface area contributed by atoms with Gasteiger partial charge in [-0.15, -0.1) is 0 Å². The Hall–Kier alpha value is -1.26. The molecule has 0 radical (unpaired) electrons. The summed E-state index contributed by atoms with van der Waals surface area (Å²) in [6.07, 6.45) is 0.236. The molecular formula is C14H16Cl2O4. The molecule has 0 bridgehead atoms. The van der Waals surface area contributed by atoms with Crippen LogP contribution in [0.1, 0.15) is 43.5 Å². The molecule has 0 saturated heterocycles. The molecule has 1 N–H and O–H groups in total. The van der Waals surface area contributed by atoms with Crippen LogP contribution in [0.3, 0.4) is 0 Å². The van der Waals surface area contributed by atoms with E-state index in [1.165, 1.54) is 12.1 Å². The summed E-state index contributed by atoms with van der Waals surface area (Å²) < 4.78 is 5.55. The molecule has 0 saturated carbocycles. The molecule has 0 unspecified atom stereocenters. The largest absolute Gasteiger partial charge is 0.490 e. The van der Waals surface area contributed by atoms with Gasteiger partial charge >= 0.3 is 5.97 Å². The maximum Gasteiger partial charge on any atom is 0.303 e. The van der Waals surface area contributed by atoms with Crippen LogP contribution in [-0.4, -0.2) is 23.0 Å². The SMILES string of the molecule is CC(C)Oc1cc(Cl)c(Cl)cc1C(=O)CCCC(=O)O. The second-order valence-electron chi connectivity index (χ2n) is 4.60. The smallest absolute Gasteiger partial charge is 0.303 e. The van der Waals surface area contributed by atoms with Gasteiger partial charge in [0.25, 0.3) is 0 Å². The minimum atomic E-state index is -0.925. The predicted molar refractivity (Wildman–Crippen MR) is 78.0 cm³/mol. The number of hydrogen-bond acceptors (Lipinski definition) is 3. The molecule has 0 aliphatic heterocycles. The molecule has 0 aliphatic carbocycles. The van der Waals surface area contributed by atoms with Gasteiger partial charge in [-0.25, -0.2) is 0 Å². The highest BCUT2D eigenvalue weighted by atomic mass is 35.5. The first-order chi connectivity index (χ1) is 9.31. The van der Waals surface area contributed by atoms with E-state index in [4.69, 9.17) is 33.0 Å². The lowest BCUT2D eigenvalue weighted by molar-refractivity contribution is -0.137. The molecule has 4 nitrogen and oxygen atoms in total. The van der Waals surface area contributed by atoms with Crippen molar-refractivity contribution in [2.24, 2.45) is 0 Å². The zero-order chi connectivity index (χ0) is 15.3. The first kappa shape index (κ1) is 16.8. The number of ether oxygens (including phenoxy) is 1. The monoisotopic (exact) mass is 318 g/mol. The van der Waals surface area contributed by atoms with Crippen LogP contribution in [0.4, 0.5) is 0 Å². The maximum atomic E-state index is 12.1. The third kappa shape index (κ3) is 5.02. The number of carboxylic acids is 1. The second kappa shape index (κ2) is 7.50. The van der Waals surface area contributed by atoms with Crippen molar-refractivity contribution < 1.29 is 19.4 Å². The molecule has 1 aromatic carbocycles. The zero-order valence-corrected chi connectivity index (χ0v) is 12.8. The molecule has 6 heteroatoms. The van der Waals surface area contributed by atoms with Crippen molar-refractivity contribution in [2.45, 2.75) is 39.2 Å². The Labute approximate surface area is 127 Å². The molecule has 1 rings (SSSR count). The van der Waals surface area contributed by atoms with E-state index >= 15 is 0 Å². The standard InChI is InChI=1S/C14H16Cl2O4/c1-8(2)20-13-7-11(16)10(15)6-9(13)12(17)4-3-5-14(18)19/h6-8H,3-5H2,1-2H3,(H,18,19). The van der Waals surface area contributed by atoms with E-state index < -0.39 is 5.97 Å². The van der Waals surface area contributed by atoms with Gasteiger partial charge < -0.3 is 9.84 Å². The topological polar surface area (TPSA) is 63.6 Å². The van der Waals surface area contributed by atoms with Crippen molar-refractivity contribution in [1.29, 1.82) is 0 Å². The van der Waals surface area contributed by atoms with Crippen molar-refractivity contribution in [3.63, 3.8) is 0 Å². The van der Waals surface area contributed by atoms with Crippen LogP contribution in [0.2, 0.25) is 10.0 Å². The summed E-state index contributed by atoms with van der Waals surface area (Å²) in [5, 5.41) is 9.15. The number of carboxylic acid groups (broad SMARTS) is 1. The minimum Gasteiger partial charge on any atom is -0.490 e. The molecule has 0 aromatic heterocycles. The van der Waals surface area contributed by atoms with Gasteiger partial charge in [-0.2, -0.15) is 0 Å². The Morgan fingerprint density at radius 2 is 1.80 bits per heavy atom. The van der Waals surface area contributed by atoms with Gasteiger partial charge in [0.05, 0.1) is 21.7 Å². The van der Waals surface area contributed by atoms with Gasteiger partial charge in [0.1, 0.15) is 5.75 Å². The third-order valence-corrected chi connectivity index (χ3v) is 3.20. The zero-order valence-electron chi connectivity index (χ0n) is 11.3. The summed E-state index contributed by atoms with van der Waals surface area (Å²) in [6.45, 7) is 3.67. The van der Waals surface area contributed by atoms with Gasteiger partial charge in [-0.05, 0) is 26.3 Å². The van der Waals surface area contributed by atoms with Crippen molar-refractivity contribution in [3.05, 3.63) is 27.7 Å². The summed E-state index contributed by atoms with van der Waals surface area (Å²) in [4.78, 5) is 22.6. The Balaban J connectivity index is 2.93. The highest BCUT2D eigenvalue weighted by Crippen LogP contribution is 2.32. The van der Waals surface area contributed by atoms with Crippen LogP contribution in [-0.2, 0) is 4.79 Å². The lowest BCUT2D eigenvalue weighted by Crippen LogP contribution is -2.10. The van der Waals surface area contributed by atoms with Crippen LogP contribution in [0.15, 0.2) is 12.1 Å². The number of carbonyl (C=O) groups is 2. The van der Waals surface area contributed by atoms with E-state index in [0.29, 0.717) is 16.3 Å². The van der Waals surface area contributed by atoms with E-state index in [-0.39, 0.29) is 36.2 Å². The van der Waals surface area contributed by atoms with Crippen LogP contribution < -0.4 is 4.74 Å². The molecule has 1 aromatic rings. The number of ketones is 1. The summed E-state index contributed by atoms with van der Waals surface area (Å²) in [5.41, 5.74) is 0.332. The summed E-state index contributed by atoms with van der Waals surface area (Å²) in [5.74, 6) is -0.763. The normalized spacial score (nSPS) is 10.7. The van der Waals surface area contributed by atoms with Crippen LogP contribution in [0.5, 0.6) is 5.75 Å². The molecule has 0 fully saturated rings. The van der Waals surface area contributed by atoms with Gasteiger partial charge in [0, 0.05) is 18.9 Å². The highest BCUT2D eigenvalue weighted by molar-refractivity contribution is 6.42. The average molecular weight is 319 g/mol. The van der Waals surface area contributed by atoms with Gasteiger partial charge in [0.15, 0.2) is 5.78 Å². The number of Topliss-reactive ketones (excluding diaryl/α,β-unsaturated/α-hetero) is 1. The summed E-state index contributed by atoms with van der Waals surface area (Å²) in [7, 11) is 0. The summed E-state index contributed by atoms with van der Waals surface area (Å²) >= 11 is 11.8. The molecule has 20 heavy (non-hydrogen) atoms. The van der Waals surface area contributed by atoms with Crippen molar-refractivity contribution in [2.75, 3.05) is 0 Å². The van der Waals surface area contributed by atoms with E-state index in [0.717, 1.165) is 0 Å². The van der Waals surface area contributed by atoms with E-state index in [2.05, 4.69) is 0 Å². The number of carbonyl (C=O) groups excluding carboxylic acids is 1. The van der Waals surface area contributed by atoms with E-state index in [9.17, 15) is 9.59 Å². The maximum absolute atomic E-state index is 12.1. The van der Waals surface area contributed by atoms with Crippen LogP contribution >= 0.6 is 23.2 Å². The fourth-order valence-corrected chi connectivity index (χ4v) is 1.95. The predicted octanol–water partition coefficient (Wildman–Crippen LogP) is 4.22. The number of aliphatic carboxylic acids is 1. The Morgan fingerprint density at radius 3 is 2.35 bits per heavy atom. The molecule has 0 atom stereocenters. The first-order valence-electron chi connectivity index (χ1n) is 6.22. The van der Waals surface area contributed by atoms with Crippen molar-refractivity contribution >= 4 is 35.0 Å². The Kier molecular flexibility index (Phi) is 6.30. The first-order valence-corrected chi connectivity index (χ1v) is 6.97. The quantitative estimate of drug-likeness (QED) is 0.764. The molecule has 110 valence electrons. The Morgan fingerprint density at radius 1 is 1.20 bits per heavy atom. The Bertz CT molecular complexity index is 512. The molecular weight excluding hydrogens is 303 g/mol. The van der Waals surface area contributed by atoms with E-state index in [1.54, 1.807) is 0 Å². The molecule has 0 spiro atoms. The highest BCUT2D eigenvalue weighted by Gasteiger charge is 2.17. The molecule has 0 amide bonds. The van der Waals surface area contributed by atoms with Gasteiger partial charge in [-0.1, -0.05) is 23.2 Å². The molecule has 0 heterocycles. The number of halogens is 2. The number of benzene rings is 1. The lowest BCUT2D eigenvalue weighted by Gasteiger charge is -2.14. The fraction of sp³-hybridized carbons (Fsp3) is 0.429. The van der Waals surface area contributed by atoms with Crippen LogP contribution in [0, 0.1) is 0 Å². The number of rotatable bonds is 7. The minimum absolute atomic E-state index is 0.0482. The fourth-order valence-electron chi connectivity index (χ4n) is 1.63. The van der Waals surface area contributed by atoms with Gasteiger partial charge in [-0.3, -0.25) is 9.59 Å². The van der Waals surface area contributed by atoms with Crippen molar-refractivity contribution in [3.8, 4) is 5.75 Å². The van der Waals surface area contributed by atoms with Crippen molar-refractivity contribution in [1.82, 2.24) is 0 Å². The second-order valence-corrected chi connectivity index (χ2v) is 5.41. The van der Waals surface area contributed by atoms with Crippen LogP contribution in [0.25, 0.3) is 0 Å². The lowest BCUT2D eigenvalue weighted by atomic mass is 10.0. The van der Waals surface area contributed by atoms with Gasteiger partial charge in [0.2, 0.25) is 0 Å². The third-order valence-electron chi connectivity index (χ3n) is 2.48. The number of hydrogen-bond donors (Lipinski definition) is 1. The molecule has 0 aliphatic rings.